The van der Waals surface area contributed by atoms with Gasteiger partial charge >= 0.3 is 0 Å². The van der Waals surface area contributed by atoms with Gasteiger partial charge in [-0.1, -0.05) is 24.3 Å². The van der Waals surface area contributed by atoms with Gasteiger partial charge in [-0.2, -0.15) is 0 Å². The number of nitrogens with one attached hydrogen (secondary N) is 1. The molecule has 0 unspecified atom stereocenters. The first kappa shape index (κ1) is 10.3. The molecule has 1 aromatic rings. The predicted molar refractivity (Wildman–Crippen MR) is 57.8 cm³/mol. The number of carbonyl (C=O) groups excluding carboxylic acids is 1. The van der Waals surface area contributed by atoms with Gasteiger partial charge in [-0.15, -0.1) is 0 Å². The lowest BCUT2D eigenvalue weighted by atomic mass is 9.85. The molecule has 2 N–H and O–H groups in total. The summed E-state index contributed by atoms with van der Waals surface area (Å²) in [4.78, 5) is 10.5. The van der Waals surface area contributed by atoms with Crippen molar-refractivity contribution in [2.45, 2.75) is 18.4 Å². The van der Waals surface area contributed by atoms with Crippen LogP contribution in [-0.4, -0.2) is 24.5 Å². The molecule has 1 heterocycles. The lowest BCUT2D eigenvalue weighted by Gasteiger charge is -2.33. The molecule has 80 valence electrons. The first-order valence-electron chi connectivity index (χ1n) is 5.23. The molecule has 0 saturated carbocycles. The lowest BCUT2D eigenvalue weighted by Crippen LogP contribution is -2.39. The SMILES string of the molecule is O=Cc1ccc(C2(O)CCNCC2)cc1. The number of aldehydes is 1. The minimum Gasteiger partial charge on any atom is -0.385 e. The van der Waals surface area contributed by atoms with Crippen molar-refractivity contribution >= 4 is 6.29 Å². The van der Waals surface area contributed by atoms with Crippen LogP contribution in [0.4, 0.5) is 0 Å². The average Bonchev–Trinajstić information content (AvgIpc) is 2.30. The van der Waals surface area contributed by atoms with Gasteiger partial charge in [-0.25, -0.2) is 0 Å². The predicted octanol–water partition coefficient (Wildman–Crippen LogP) is 1.07. The van der Waals surface area contributed by atoms with Gasteiger partial charge < -0.3 is 10.4 Å². The Morgan fingerprint density at radius 2 is 1.80 bits per heavy atom. The second-order valence-corrected chi connectivity index (χ2v) is 4.02. The van der Waals surface area contributed by atoms with E-state index in [-0.39, 0.29) is 0 Å². The summed E-state index contributed by atoms with van der Waals surface area (Å²) in [6, 6.07) is 7.19. The third-order valence-electron chi connectivity index (χ3n) is 3.01. The number of hydrogen-bond acceptors (Lipinski definition) is 3. The summed E-state index contributed by atoms with van der Waals surface area (Å²) in [5.41, 5.74) is 0.845. The topological polar surface area (TPSA) is 49.3 Å². The van der Waals surface area contributed by atoms with Crippen molar-refractivity contribution in [1.82, 2.24) is 5.32 Å². The number of benzene rings is 1. The highest BCUT2D eigenvalue weighted by Crippen LogP contribution is 2.30. The smallest absolute Gasteiger partial charge is 0.150 e. The Morgan fingerprint density at radius 1 is 1.20 bits per heavy atom. The minimum atomic E-state index is -0.716. The standard InChI is InChI=1S/C12H15NO2/c14-9-10-1-3-11(4-2-10)12(15)5-7-13-8-6-12/h1-4,9,13,15H,5-8H2. The van der Waals surface area contributed by atoms with Crippen molar-refractivity contribution in [2.24, 2.45) is 0 Å². The summed E-state index contributed by atoms with van der Waals surface area (Å²) < 4.78 is 0. The van der Waals surface area contributed by atoms with Gasteiger partial charge in [0, 0.05) is 5.56 Å². The van der Waals surface area contributed by atoms with Crippen LogP contribution < -0.4 is 5.32 Å². The molecular formula is C12H15NO2. The minimum absolute atomic E-state index is 0.649. The van der Waals surface area contributed by atoms with Gasteiger partial charge in [0.2, 0.25) is 0 Å². The van der Waals surface area contributed by atoms with Crippen LogP contribution in [0.5, 0.6) is 0 Å². The summed E-state index contributed by atoms with van der Waals surface area (Å²) in [7, 11) is 0. The normalized spacial score (nSPS) is 19.8. The second-order valence-electron chi connectivity index (χ2n) is 4.02. The Kier molecular flexibility index (Phi) is 2.84. The molecule has 0 amide bonds. The van der Waals surface area contributed by atoms with Crippen molar-refractivity contribution in [3.8, 4) is 0 Å². The van der Waals surface area contributed by atoms with E-state index in [1.165, 1.54) is 0 Å². The van der Waals surface area contributed by atoms with E-state index in [4.69, 9.17) is 0 Å². The maximum Gasteiger partial charge on any atom is 0.150 e. The Morgan fingerprint density at radius 3 is 2.33 bits per heavy atom. The van der Waals surface area contributed by atoms with Gasteiger partial charge in [0.15, 0.2) is 0 Å². The number of aliphatic hydroxyl groups is 1. The summed E-state index contributed by atoms with van der Waals surface area (Å²) in [5.74, 6) is 0. The third kappa shape index (κ3) is 2.08. The number of carbonyl (C=O) groups is 1. The molecule has 0 radical (unpaired) electrons. The van der Waals surface area contributed by atoms with Crippen molar-refractivity contribution in [2.75, 3.05) is 13.1 Å². The van der Waals surface area contributed by atoms with E-state index in [2.05, 4.69) is 5.32 Å². The number of rotatable bonds is 2. The fourth-order valence-corrected chi connectivity index (χ4v) is 2.00. The monoisotopic (exact) mass is 205 g/mol. The molecule has 3 heteroatoms. The molecule has 15 heavy (non-hydrogen) atoms. The molecule has 1 saturated heterocycles. The average molecular weight is 205 g/mol. The Balaban J connectivity index is 2.23. The maximum absolute atomic E-state index is 10.5. The van der Waals surface area contributed by atoms with Crippen LogP contribution >= 0.6 is 0 Å². The maximum atomic E-state index is 10.5. The molecule has 2 rings (SSSR count). The van der Waals surface area contributed by atoms with E-state index in [0.717, 1.165) is 37.8 Å². The van der Waals surface area contributed by atoms with Gasteiger partial charge in [0.25, 0.3) is 0 Å². The van der Waals surface area contributed by atoms with Crippen molar-refractivity contribution in [3.05, 3.63) is 35.4 Å². The molecule has 0 aliphatic carbocycles. The van der Waals surface area contributed by atoms with E-state index in [1.54, 1.807) is 12.1 Å². The first-order chi connectivity index (χ1) is 7.24. The highest BCUT2D eigenvalue weighted by atomic mass is 16.3. The zero-order chi connectivity index (χ0) is 10.7. The van der Waals surface area contributed by atoms with E-state index in [9.17, 15) is 9.90 Å². The van der Waals surface area contributed by atoms with Crippen LogP contribution in [0.25, 0.3) is 0 Å². The summed E-state index contributed by atoms with van der Waals surface area (Å²) in [5, 5.41) is 13.6. The molecule has 0 aromatic heterocycles. The van der Waals surface area contributed by atoms with Crippen LogP contribution in [0.1, 0.15) is 28.8 Å². The van der Waals surface area contributed by atoms with Crippen molar-refractivity contribution < 1.29 is 9.90 Å². The van der Waals surface area contributed by atoms with Crippen LogP contribution in [-0.2, 0) is 5.60 Å². The quantitative estimate of drug-likeness (QED) is 0.710. The summed E-state index contributed by atoms with van der Waals surface area (Å²) in [6.07, 6.45) is 2.27. The zero-order valence-corrected chi connectivity index (χ0v) is 8.57. The van der Waals surface area contributed by atoms with Crippen molar-refractivity contribution in [1.29, 1.82) is 0 Å². The molecule has 1 fully saturated rings. The Labute approximate surface area is 89.1 Å². The van der Waals surface area contributed by atoms with Gasteiger partial charge in [-0.05, 0) is 31.5 Å². The van der Waals surface area contributed by atoms with Crippen molar-refractivity contribution in [3.63, 3.8) is 0 Å². The van der Waals surface area contributed by atoms with Crippen LogP contribution in [0, 0.1) is 0 Å². The first-order valence-corrected chi connectivity index (χ1v) is 5.23. The van der Waals surface area contributed by atoms with Gasteiger partial charge in [0.1, 0.15) is 6.29 Å². The second kappa shape index (κ2) is 4.13. The van der Waals surface area contributed by atoms with Gasteiger partial charge in [0.05, 0.1) is 5.60 Å². The molecule has 0 bridgehead atoms. The molecule has 1 aliphatic heterocycles. The molecular weight excluding hydrogens is 190 g/mol. The molecule has 0 atom stereocenters. The number of piperidine rings is 1. The Bertz CT molecular complexity index is 339. The highest BCUT2D eigenvalue weighted by molar-refractivity contribution is 5.74. The van der Waals surface area contributed by atoms with Crippen LogP contribution in [0.15, 0.2) is 24.3 Å². The van der Waals surface area contributed by atoms with Crippen LogP contribution in [0.2, 0.25) is 0 Å². The van der Waals surface area contributed by atoms with E-state index >= 15 is 0 Å². The fourth-order valence-electron chi connectivity index (χ4n) is 2.00. The van der Waals surface area contributed by atoms with E-state index in [1.807, 2.05) is 12.1 Å². The summed E-state index contributed by atoms with van der Waals surface area (Å²) >= 11 is 0. The van der Waals surface area contributed by atoms with E-state index in [0.29, 0.717) is 5.56 Å². The third-order valence-corrected chi connectivity index (χ3v) is 3.01. The number of hydrogen-bond donors (Lipinski definition) is 2. The molecule has 3 nitrogen and oxygen atoms in total. The zero-order valence-electron chi connectivity index (χ0n) is 8.57. The molecule has 1 aromatic carbocycles. The molecule has 1 aliphatic rings. The van der Waals surface area contributed by atoms with E-state index < -0.39 is 5.60 Å². The van der Waals surface area contributed by atoms with Gasteiger partial charge in [-0.3, -0.25) is 4.79 Å². The Hall–Kier alpha value is -1.19. The highest BCUT2D eigenvalue weighted by Gasteiger charge is 2.30. The lowest BCUT2D eigenvalue weighted by molar-refractivity contribution is 0.00592. The fraction of sp³-hybridized carbons (Fsp3) is 0.417. The largest absolute Gasteiger partial charge is 0.385 e. The summed E-state index contributed by atoms with van der Waals surface area (Å²) in [6.45, 7) is 1.68. The molecule has 0 spiro atoms. The van der Waals surface area contributed by atoms with Crippen LogP contribution in [0.3, 0.4) is 0 Å².